The SMILES string of the molecule is COc1ccccc1CC(=O)N[C@H]1CCCCNC1=O. The molecule has 1 aromatic rings. The molecule has 1 aliphatic heterocycles. The van der Waals surface area contributed by atoms with Crippen LogP contribution in [0.2, 0.25) is 0 Å². The van der Waals surface area contributed by atoms with Crippen molar-refractivity contribution in [3.63, 3.8) is 0 Å². The first-order valence-electron chi connectivity index (χ1n) is 6.89. The summed E-state index contributed by atoms with van der Waals surface area (Å²) in [5.74, 6) is 0.445. The van der Waals surface area contributed by atoms with Crippen LogP contribution in [0, 0.1) is 0 Å². The Labute approximate surface area is 118 Å². The standard InChI is InChI=1S/C15H20N2O3/c1-20-13-8-3-2-6-11(13)10-14(18)17-12-7-4-5-9-16-15(12)19/h2-3,6,8,12H,4-5,7,9-10H2,1H3,(H,16,19)(H,17,18)/t12-/m0/s1. The summed E-state index contributed by atoms with van der Waals surface area (Å²) in [4.78, 5) is 23.8. The zero-order valence-electron chi connectivity index (χ0n) is 11.6. The van der Waals surface area contributed by atoms with Gasteiger partial charge in [-0.3, -0.25) is 9.59 Å². The van der Waals surface area contributed by atoms with Crippen LogP contribution in [0.3, 0.4) is 0 Å². The Hall–Kier alpha value is -2.04. The minimum absolute atomic E-state index is 0.0872. The van der Waals surface area contributed by atoms with Crippen LogP contribution in [0.15, 0.2) is 24.3 Å². The molecule has 0 aliphatic carbocycles. The Balaban J connectivity index is 1.96. The van der Waals surface area contributed by atoms with Gasteiger partial charge >= 0.3 is 0 Å². The van der Waals surface area contributed by atoms with Crippen molar-refractivity contribution in [2.24, 2.45) is 0 Å². The lowest BCUT2D eigenvalue weighted by molar-refractivity contribution is -0.128. The number of nitrogens with one attached hydrogen (secondary N) is 2. The van der Waals surface area contributed by atoms with E-state index in [1.54, 1.807) is 7.11 Å². The second-order valence-corrected chi connectivity index (χ2v) is 4.90. The summed E-state index contributed by atoms with van der Waals surface area (Å²) in [5, 5.41) is 5.61. The highest BCUT2D eigenvalue weighted by Crippen LogP contribution is 2.17. The van der Waals surface area contributed by atoms with Crippen molar-refractivity contribution in [1.29, 1.82) is 0 Å². The van der Waals surface area contributed by atoms with E-state index in [1.165, 1.54) is 0 Å². The summed E-state index contributed by atoms with van der Waals surface area (Å²) in [6, 6.07) is 6.98. The largest absolute Gasteiger partial charge is 0.496 e. The molecule has 2 N–H and O–H groups in total. The van der Waals surface area contributed by atoms with Crippen molar-refractivity contribution < 1.29 is 14.3 Å². The molecule has 1 aliphatic rings. The second-order valence-electron chi connectivity index (χ2n) is 4.90. The molecule has 108 valence electrons. The number of carbonyl (C=O) groups is 2. The van der Waals surface area contributed by atoms with Gasteiger partial charge in [-0.05, 0) is 25.3 Å². The highest BCUT2D eigenvalue weighted by atomic mass is 16.5. The number of methoxy groups -OCH3 is 1. The topological polar surface area (TPSA) is 67.4 Å². The predicted octanol–water partition coefficient (Wildman–Crippen LogP) is 1.02. The molecule has 0 radical (unpaired) electrons. The smallest absolute Gasteiger partial charge is 0.242 e. The Kier molecular flexibility index (Phi) is 4.98. The molecule has 0 bridgehead atoms. The molecule has 2 amide bonds. The van der Waals surface area contributed by atoms with E-state index in [-0.39, 0.29) is 18.2 Å². The molecule has 0 aromatic heterocycles. The number of benzene rings is 1. The van der Waals surface area contributed by atoms with E-state index in [2.05, 4.69) is 10.6 Å². The average molecular weight is 276 g/mol. The maximum atomic E-state index is 12.1. The van der Waals surface area contributed by atoms with Gasteiger partial charge in [-0.2, -0.15) is 0 Å². The van der Waals surface area contributed by atoms with Gasteiger partial charge in [-0.15, -0.1) is 0 Å². The van der Waals surface area contributed by atoms with Crippen molar-refractivity contribution >= 4 is 11.8 Å². The number of para-hydroxylation sites is 1. The van der Waals surface area contributed by atoms with Crippen molar-refractivity contribution in [2.45, 2.75) is 31.7 Å². The van der Waals surface area contributed by atoms with Crippen LogP contribution in [0.1, 0.15) is 24.8 Å². The summed E-state index contributed by atoms with van der Waals surface area (Å²) < 4.78 is 5.22. The molecule has 1 aromatic carbocycles. The minimum atomic E-state index is -0.417. The molecule has 1 atom stereocenters. The molecular formula is C15H20N2O3. The van der Waals surface area contributed by atoms with Gasteiger partial charge in [0.05, 0.1) is 13.5 Å². The van der Waals surface area contributed by atoms with Crippen LogP contribution in [0.5, 0.6) is 5.75 Å². The Morgan fingerprint density at radius 3 is 3.00 bits per heavy atom. The van der Waals surface area contributed by atoms with Gasteiger partial charge in [-0.1, -0.05) is 18.2 Å². The van der Waals surface area contributed by atoms with Crippen molar-refractivity contribution in [2.75, 3.05) is 13.7 Å². The molecule has 5 heteroatoms. The molecule has 1 saturated heterocycles. The maximum absolute atomic E-state index is 12.1. The van der Waals surface area contributed by atoms with E-state index in [1.807, 2.05) is 24.3 Å². The zero-order valence-corrected chi connectivity index (χ0v) is 11.6. The van der Waals surface area contributed by atoms with E-state index in [0.717, 1.165) is 18.4 Å². The molecule has 1 heterocycles. The van der Waals surface area contributed by atoms with Crippen LogP contribution in [-0.2, 0) is 16.0 Å². The van der Waals surface area contributed by atoms with Gasteiger partial charge in [0.25, 0.3) is 0 Å². The summed E-state index contributed by atoms with van der Waals surface area (Å²) in [6.45, 7) is 0.692. The average Bonchev–Trinajstić information content (AvgIpc) is 2.65. The van der Waals surface area contributed by atoms with Crippen molar-refractivity contribution in [3.8, 4) is 5.75 Å². The fourth-order valence-electron chi connectivity index (χ4n) is 2.34. The third kappa shape index (κ3) is 3.73. The van der Waals surface area contributed by atoms with Crippen molar-refractivity contribution in [1.82, 2.24) is 10.6 Å². The fourth-order valence-corrected chi connectivity index (χ4v) is 2.34. The lowest BCUT2D eigenvalue weighted by Gasteiger charge is -2.15. The number of amides is 2. The number of carbonyl (C=O) groups excluding carboxylic acids is 2. The summed E-state index contributed by atoms with van der Waals surface area (Å²) in [7, 11) is 1.58. The predicted molar refractivity (Wildman–Crippen MR) is 75.5 cm³/mol. The first-order chi connectivity index (χ1) is 9.70. The second kappa shape index (κ2) is 6.93. The molecule has 5 nitrogen and oxygen atoms in total. The molecule has 0 spiro atoms. The third-order valence-corrected chi connectivity index (χ3v) is 3.41. The highest BCUT2D eigenvalue weighted by Gasteiger charge is 2.22. The van der Waals surface area contributed by atoms with Gasteiger partial charge < -0.3 is 15.4 Å². The quantitative estimate of drug-likeness (QED) is 0.863. The zero-order chi connectivity index (χ0) is 14.4. The van der Waals surface area contributed by atoms with Crippen LogP contribution < -0.4 is 15.4 Å². The van der Waals surface area contributed by atoms with Gasteiger partial charge in [0, 0.05) is 12.1 Å². The lowest BCUT2D eigenvalue weighted by atomic mass is 10.1. The maximum Gasteiger partial charge on any atom is 0.242 e. The Morgan fingerprint density at radius 1 is 1.40 bits per heavy atom. The van der Waals surface area contributed by atoms with Gasteiger partial charge in [-0.25, -0.2) is 0 Å². The van der Waals surface area contributed by atoms with Crippen LogP contribution in [0.25, 0.3) is 0 Å². The summed E-state index contributed by atoms with van der Waals surface area (Å²) >= 11 is 0. The summed E-state index contributed by atoms with van der Waals surface area (Å²) in [6.07, 6.45) is 2.82. The van der Waals surface area contributed by atoms with Crippen LogP contribution >= 0.6 is 0 Å². The van der Waals surface area contributed by atoms with Gasteiger partial charge in [0.1, 0.15) is 11.8 Å². The molecule has 2 rings (SSSR count). The van der Waals surface area contributed by atoms with E-state index in [4.69, 9.17) is 4.74 Å². The molecular weight excluding hydrogens is 256 g/mol. The number of hydrogen-bond donors (Lipinski definition) is 2. The van der Waals surface area contributed by atoms with E-state index < -0.39 is 6.04 Å². The highest BCUT2D eigenvalue weighted by molar-refractivity contribution is 5.88. The number of hydrogen-bond acceptors (Lipinski definition) is 3. The van der Waals surface area contributed by atoms with E-state index >= 15 is 0 Å². The third-order valence-electron chi connectivity index (χ3n) is 3.41. The van der Waals surface area contributed by atoms with Crippen molar-refractivity contribution in [3.05, 3.63) is 29.8 Å². The van der Waals surface area contributed by atoms with Crippen LogP contribution in [0.4, 0.5) is 0 Å². The normalized spacial score (nSPS) is 18.9. The molecule has 0 saturated carbocycles. The molecule has 20 heavy (non-hydrogen) atoms. The Bertz CT molecular complexity index is 488. The number of ether oxygens (including phenoxy) is 1. The van der Waals surface area contributed by atoms with Gasteiger partial charge in [0.2, 0.25) is 11.8 Å². The van der Waals surface area contributed by atoms with E-state index in [9.17, 15) is 9.59 Å². The summed E-state index contributed by atoms with van der Waals surface area (Å²) in [5.41, 5.74) is 0.821. The minimum Gasteiger partial charge on any atom is -0.496 e. The first kappa shape index (κ1) is 14.4. The fraction of sp³-hybridized carbons (Fsp3) is 0.467. The Morgan fingerprint density at radius 2 is 2.20 bits per heavy atom. The lowest BCUT2D eigenvalue weighted by Crippen LogP contribution is -2.46. The van der Waals surface area contributed by atoms with Crippen LogP contribution in [-0.4, -0.2) is 31.5 Å². The van der Waals surface area contributed by atoms with Gasteiger partial charge in [0.15, 0.2) is 0 Å². The first-order valence-corrected chi connectivity index (χ1v) is 6.89. The number of rotatable bonds is 4. The van der Waals surface area contributed by atoms with E-state index in [0.29, 0.717) is 18.7 Å². The monoisotopic (exact) mass is 276 g/mol. The molecule has 0 unspecified atom stereocenters. The molecule has 1 fully saturated rings.